The van der Waals surface area contributed by atoms with Gasteiger partial charge in [-0.15, -0.1) is 0 Å². The van der Waals surface area contributed by atoms with E-state index >= 15 is 0 Å². The fourth-order valence-corrected chi connectivity index (χ4v) is 9.15. The van der Waals surface area contributed by atoms with Crippen LogP contribution in [-0.4, -0.2) is 100 Å². The summed E-state index contributed by atoms with van der Waals surface area (Å²) < 4.78 is 72.0. The first kappa shape index (κ1) is 30.8. The first-order chi connectivity index (χ1) is 22.0. The van der Waals surface area contributed by atoms with E-state index in [1.165, 1.54) is 29.9 Å². The van der Waals surface area contributed by atoms with E-state index in [0.29, 0.717) is 11.2 Å². The summed E-state index contributed by atoms with van der Waals surface area (Å²) in [4.78, 5) is 24.9. The fourth-order valence-electron chi connectivity index (χ4n) is 6.16. The highest BCUT2D eigenvalue weighted by Crippen LogP contribution is 2.62. The number of anilines is 2. The summed E-state index contributed by atoms with van der Waals surface area (Å²) in [6, 6.07) is 0. The molecule has 24 heteroatoms. The molecule has 4 aliphatic heterocycles. The van der Waals surface area contributed by atoms with Gasteiger partial charge >= 0.3 is 13.6 Å². The molecule has 4 aliphatic rings. The van der Waals surface area contributed by atoms with Crippen LogP contribution in [0.4, 0.5) is 11.6 Å². The van der Waals surface area contributed by atoms with Crippen LogP contribution in [0.1, 0.15) is 18.9 Å². The molecule has 246 valence electrons. The van der Waals surface area contributed by atoms with E-state index in [-0.39, 0.29) is 42.4 Å². The molecule has 8 rings (SSSR count). The molecule has 0 aromatic carbocycles. The molecule has 0 aliphatic carbocycles. The molecule has 5 N–H and O–H groups in total. The molecule has 4 aromatic heterocycles. The predicted molar refractivity (Wildman–Crippen MR) is 161 cm³/mol. The van der Waals surface area contributed by atoms with E-state index in [9.17, 15) is 14.2 Å². The number of aliphatic hydroxyl groups excluding tert-OH is 1. The summed E-state index contributed by atoms with van der Waals surface area (Å²) in [5.74, 6) is 0.285. The number of nitrogens with zero attached hydrogens (tertiary/aromatic N) is 8. The van der Waals surface area contributed by atoms with Gasteiger partial charge in [-0.2, -0.15) is 0 Å². The number of nitrogen functional groups attached to an aromatic ring is 2. The van der Waals surface area contributed by atoms with Crippen LogP contribution in [-0.2, 0) is 41.4 Å². The molecule has 4 aromatic rings. The quantitative estimate of drug-likeness (QED) is 0.143. The van der Waals surface area contributed by atoms with Crippen LogP contribution in [0.5, 0.6) is 0 Å². The maximum absolute atomic E-state index is 13.7. The van der Waals surface area contributed by atoms with Crippen molar-refractivity contribution < 1.29 is 46.5 Å². The second kappa shape index (κ2) is 11.0. The maximum atomic E-state index is 13.7. The molecule has 0 saturated carbocycles. The van der Waals surface area contributed by atoms with Crippen molar-refractivity contribution >= 4 is 72.1 Å². The summed E-state index contributed by atoms with van der Waals surface area (Å²) in [6.07, 6.45) is -2.50. The minimum Gasteiger partial charge on any atom is -0.387 e. The van der Waals surface area contributed by atoms with E-state index < -0.39 is 68.8 Å². The zero-order chi connectivity index (χ0) is 32.0. The Bertz CT molecular complexity index is 1940. The number of thiol groups is 2. The second-order valence-electron chi connectivity index (χ2n) is 11.0. The van der Waals surface area contributed by atoms with Crippen molar-refractivity contribution in [2.45, 2.75) is 55.0 Å². The molecule has 10 atom stereocenters. The molecule has 8 heterocycles. The van der Waals surface area contributed by atoms with Crippen molar-refractivity contribution in [3.8, 4) is 0 Å². The molecule has 4 bridgehead atoms. The van der Waals surface area contributed by atoms with Gasteiger partial charge in [0.1, 0.15) is 59.8 Å². The van der Waals surface area contributed by atoms with Gasteiger partial charge in [-0.3, -0.25) is 22.7 Å². The monoisotopic (exact) mass is 716 g/mol. The Hall–Kier alpha value is -2.46. The average Bonchev–Trinajstić information content (AvgIpc) is 3.81. The number of aliphatic hydroxyl groups is 1. The van der Waals surface area contributed by atoms with Gasteiger partial charge in [-0.05, 0) is 0 Å². The summed E-state index contributed by atoms with van der Waals surface area (Å²) in [6.45, 7) is -9.06. The van der Waals surface area contributed by atoms with Crippen LogP contribution >= 0.6 is 38.1 Å². The van der Waals surface area contributed by atoms with Crippen molar-refractivity contribution in [1.82, 2.24) is 39.0 Å². The normalized spacial score (nSPS) is 39.9. The Morgan fingerprint density at radius 3 is 2.17 bits per heavy atom. The Balaban J connectivity index is 1.11. The average molecular weight is 717 g/mol. The molecular weight excluding hydrogens is 690 g/mol. The predicted octanol–water partition coefficient (Wildman–Crippen LogP) is 1.04. The van der Waals surface area contributed by atoms with Crippen LogP contribution < -0.4 is 11.5 Å². The van der Waals surface area contributed by atoms with Crippen LogP contribution in [0.3, 0.4) is 0 Å². The van der Waals surface area contributed by atoms with Crippen molar-refractivity contribution in [2.75, 3.05) is 31.3 Å². The lowest BCUT2D eigenvalue weighted by molar-refractivity contribution is -0.176. The van der Waals surface area contributed by atoms with Gasteiger partial charge < -0.3 is 35.3 Å². The molecule has 0 unspecified atom stereocenters. The summed E-state index contributed by atoms with van der Waals surface area (Å²) >= 11 is 8.41. The third-order valence-electron chi connectivity index (χ3n) is 8.29. The molecule has 20 nitrogen and oxygen atoms in total. The number of ether oxygens (including phenoxy) is 3. The minimum atomic E-state index is -4.18. The smallest absolute Gasteiger partial charge is 0.386 e. The van der Waals surface area contributed by atoms with E-state index in [1.54, 1.807) is 4.57 Å². The lowest BCUT2D eigenvalue weighted by Crippen LogP contribution is -2.42. The van der Waals surface area contributed by atoms with Gasteiger partial charge in [0.25, 0.3) is 0 Å². The van der Waals surface area contributed by atoms with Crippen LogP contribution in [0.2, 0.25) is 0 Å². The molecule has 0 amide bonds. The van der Waals surface area contributed by atoms with Gasteiger partial charge in [0, 0.05) is 6.42 Å². The summed E-state index contributed by atoms with van der Waals surface area (Å²) in [5.41, 5.74) is 11.9. The lowest BCUT2D eigenvalue weighted by atomic mass is 9.96. The number of hydrogen-bond acceptors (Lipinski definition) is 18. The number of imidazole rings is 2. The molecule has 4 saturated heterocycles. The third kappa shape index (κ3) is 5.03. The van der Waals surface area contributed by atoms with Crippen LogP contribution in [0.15, 0.2) is 25.3 Å². The maximum Gasteiger partial charge on any atom is 0.386 e. The molecule has 0 spiro atoms. The Morgan fingerprint density at radius 2 is 1.50 bits per heavy atom. The molecule has 46 heavy (non-hydrogen) atoms. The SMILES string of the molecule is Nc1ncnc2c1ncn2[C@@H]1O[C@@H]2CO[P@@](=O)(S)O[C@H]3[C@H]4OC[C@]3(CCO[P@@](=O)(S)O[C@@H]1[C@@H]2O)O[C@H]4n1cnc2c(N)ncnc21. The fraction of sp³-hybridized carbons (Fsp3) is 0.545. The Kier molecular flexibility index (Phi) is 7.40. The van der Waals surface area contributed by atoms with Gasteiger partial charge in [-0.1, -0.05) is 24.5 Å². The highest BCUT2D eigenvalue weighted by atomic mass is 32.7. The number of nitrogens with two attached hydrogens (primary N) is 2. The second-order valence-corrected chi connectivity index (χ2v) is 16.7. The van der Waals surface area contributed by atoms with Crippen molar-refractivity contribution in [3.05, 3.63) is 25.3 Å². The van der Waals surface area contributed by atoms with Crippen LogP contribution in [0.25, 0.3) is 22.3 Å². The van der Waals surface area contributed by atoms with E-state index in [1.807, 2.05) is 0 Å². The number of fused-ring (bicyclic) bond motifs is 4. The van der Waals surface area contributed by atoms with Gasteiger partial charge in [-0.25, -0.2) is 39.0 Å². The van der Waals surface area contributed by atoms with E-state index in [4.69, 9.17) is 43.8 Å². The first-order valence-corrected chi connectivity index (χ1v) is 19.1. The number of hydrogen-bond donors (Lipinski definition) is 5. The molecule has 4 fully saturated rings. The molecular formula is C22H26N10O10P2S2. The van der Waals surface area contributed by atoms with Crippen LogP contribution in [0, 0.1) is 0 Å². The van der Waals surface area contributed by atoms with Crippen molar-refractivity contribution in [3.63, 3.8) is 0 Å². The first-order valence-electron chi connectivity index (χ1n) is 13.8. The minimum absolute atomic E-state index is 0.00525. The van der Waals surface area contributed by atoms with Gasteiger partial charge in [0.15, 0.2) is 35.4 Å². The van der Waals surface area contributed by atoms with Crippen molar-refractivity contribution in [2.24, 2.45) is 0 Å². The highest BCUT2D eigenvalue weighted by Gasteiger charge is 2.64. The van der Waals surface area contributed by atoms with E-state index in [0.717, 1.165) is 0 Å². The summed E-state index contributed by atoms with van der Waals surface area (Å²) in [7, 11) is 0. The standard InChI is InChI=1S/C22H26N10O10P2S2/c23-16-10-18(27-5-25-16)31(7-29-10)20-13-12(33)9(39-20)3-38-44(35,46)42-15-14-21(32-8-30-11-17(24)26-6-28-19(11)32)40-22(15,4-36-14)1-2-37-43(34,45)41-13/h5-9,12-15,20-21,33H,1-4H2,(H,34,45)(H,35,46)(H2,23,25,27)(H2,24,26,28)/t9-,12-,13-,14-,15+,20-,21-,22+,43-,44-/m1/s1. The van der Waals surface area contributed by atoms with E-state index in [2.05, 4.69) is 54.4 Å². The lowest BCUT2D eigenvalue weighted by Gasteiger charge is -2.32. The zero-order valence-electron chi connectivity index (χ0n) is 23.3. The highest BCUT2D eigenvalue weighted by molar-refractivity contribution is 8.44. The Morgan fingerprint density at radius 1 is 0.870 bits per heavy atom. The largest absolute Gasteiger partial charge is 0.387 e. The third-order valence-corrected chi connectivity index (χ3v) is 11.5. The van der Waals surface area contributed by atoms with Gasteiger partial charge in [0.2, 0.25) is 0 Å². The molecule has 0 radical (unpaired) electrons. The topological polar surface area (TPSA) is 258 Å². The van der Waals surface area contributed by atoms with Crippen molar-refractivity contribution in [1.29, 1.82) is 0 Å². The number of aromatic nitrogens is 8. The summed E-state index contributed by atoms with van der Waals surface area (Å²) in [5, 5.41) is 11.3. The Labute approximate surface area is 268 Å². The van der Waals surface area contributed by atoms with Gasteiger partial charge in [0.05, 0.1) is 32.5 Å². The number of rotatable bonds is 2. The zero-order valence-corrected chi connectivity index (χ0v) is 26.9.